The third kappa shape index (κ3) is 4.68. The van der Waals surface area contributed by atoms with Gasteiger partial charge in [-0.15, -0.1) is 0 Å². The third-order valence-electron chi connectivity index (χ3n) is 3.13. The van der Waals surface area contributed by atoms with E-state index < -0.39 is 0 Å². The summed E-state index contributed by atoms with van der Waals surface area (Å²) in [5, 5.41) is 4.20. The van der Waals surface area contributed by atoms with E-state index in [9.17, 15) is 0 Å². The van der Waals surface area contributed by atoms with E-state index in [4.69, 9.17) is 21.1 Å². The van der Waals surface area contributed by atoms with E-state index in [1.807, 2.05) is 18.2 Å². The van der Waals surface area contributed by atoms with Crippen LogP contribution in [0, 0.1) is 0 Å². The largest absolute Gasteiger partial charge is 0.488 e. The van der Waals surface area contributed by atoms with Crippen LogP contribution in [0.2, 0.25) is 5.02 Å². The van der Waals surface area contributed by atoms with Gasteiger partial charge in [0.05, 0.1) is 0 Å². The number of fused-ring (bicyclic) bond motifs is 1. The lowest BCUT2D eigenvalue weighted by atomic mass is 10.1. The number of ether oxygens (including phenoxy) is 2. The Labute approximate surface area is 120 Å². The molecule has 3 nitrogen and oxygen atoms in total. The molecule has 0 bridgehead atoms. The van der Waals surface area contributed by atoms with Crippen LogP contribution in [0.3, 0.4) is 0 Å². The molecule has 0 aliphatic carbocycles. The molecule has 1 aliphatic heterocycles. The van der Waals surface area contributed by atoms with Crippen LogP contribution in [0.4, 0.5) is 0 Å². The summed E-state index contributed by atoms with van der Waals surface area (Å²) in [6, 6.07) is 5.83. The molecule has 0 aromatic heterocycles. The Kier molecular flexibility index (Phi) is 5.95. The fraction of sp³-hybridized carbons (Fsp3) is 0.600. The third-order valence-corrected chi connectivity index (χ3v) is 3.36. The molecule has 1 unspecified atom stereocenters. The smallest absolute Gasteiger partial charge is 0.123 e. The van der Waals surface area contributed by atoms with E-state index >= 15 is 0 Å². The zero-order valence-electron chi connectivity index (χ0n) is 11.5. The van der Waals surface area contributed by atoms with Crippen molar-refractivity contribution in [2.24, 2.45) is 0 Å². The van der Waals surface area contributed by atoms with Crippen LogP contribution in [0.1, 0.15) is 25.3 Å². The quantitative estimate of drug-likeness (QED) is 0.744. The molecule has 19 heavy (non-hydrogen) atoms. The molecule has 1 heterocycles. The van der Waals surface area contributed by atoms with Crippen molar-refractivity contribution in [2.45, 2.75) is 32.3 Å². The predicted octanol–water partition coefficient (Wildman–Crippen LogP) is 3.05. The molecule has 0 amide bonds. The van der Waals surface area contributed by atoms with Crippen molar-refractivity contribution in [1.82, 2.24) is 5.32 Å². The van der Waals surface area contributed by atoms with Crippen molar-refractivity contribution in [3.63, 3.8) is 0 Å². The van der Waals surface area contributed by atoms with E-state index in [-0.39, 0.29) is 6.10 Å². The standard InChI is InChI=1S/C15H22ClNO2/c1-2-7-18-8-3-6-17-11-14-10-12-9-13(16)4-5-15(12)19-14/h4-5,9,14,17H,2-3,6-8,10-11H2,1H3. The second kappa shape index (κ2) is 7.73. The minimum absolute atomic E-state index is 0.227. The Morgan fingerprint density at radius 3 is 3.16 bits per heavy atom. The summed E-state index contributed by atoms with van der Waals surface area (Å²) in [6.07, 6.45) is 3.30. The lowest BCUT2D eigenvalue weighted by molar-refractivity contribution is 0.131. The SMILES string of the molecule is CCCOCCCNCC1Cc2cc(Cl)ccc2O1. The minimum atomic E-state index is 0.227. The van der Waals surface area contributed by atoms with Crippen molar-refractivity contribution in [1.29, 1.82) is 0 Å². The van der Waals surface area contributed by atoms with Gasteiger partial charge in [0.15, 0.2) is 0 Å². The minimum Gasteiger partial charge on any atom is -0.488 e. The number of rotatable bonds is 8. The molecule has 4 heteroatoms. The van der Waals surface area contributed by atoms with Gasteiger partial charge in [-0.2, -0.15) is 0 Å². The summed E-state index contributed by atoms with van der Waals surface area (Å²) in [5.74, 6) is 0.975. The molecule has 106 valence electrons. The van der Waals surface area contributed by atoms with E-state index in [1.54, 1.807) is 0 Å². The zero-order chi connectivity index (χ0) is 13.5. The van der Waals surface area contributed by atoms with Crippen molar-refractivity contribution in [3.05, 3.63) is 28.8 Å². The molecule has 1 aliphatic rings. The van der Waals surface area contributed by atoms with Crippen molar-refractivity contribution >= 4 is 11.6 Å². The molecule has 0 spiro atoms. The predicted molar refractivity (Wildman–Crippen MR) is 78.2 cm³/mol. The fourth-order valence-corrected chi connectivity index (χ4v) is 2.41. The zero-order valence-corrected chi connectivity index (χ0v) is 12.2. The van der Waals surface area contributed by atoms with Crippen LogP contribution >= 0.6 is 11.6 Å². The summed E-state index contributed by atoms with van der Waals surface area (Å²) in [6.45, 7) is 5.67. The Balaban J connectivity index is 1.59. The van der Waals surface area contributed by atoms with E-state index in [2.05, 4.69) is 12.2 Å². The average Bonchev–Trinajstić information content (AvgIpc) is 2.79. The first-order chi connectivity index (χ1) is 9.29. The highest BCUT2D eigenvalue weighted by atomic mass is 35.5. The maximum Gasteiger partial charge on any atom is 0.123 e. The van der Waals surface area contributed by atoms with Gasteiger partial charge in [0.25, 0.3) is 0 Å². The van der Waals surface area contributed by atoms with Gasteiger partial charge in [-0.1, -0.05) is 18.5 Å². The number of halogens is 1. The molecule has 0 saturated carbocycles. The maximum absolute atomic E-state index is 5.97. The topological polar surface area (TPSA) is 30.5 Å². The highest BCUT2D eigenvalue weighted by molar-refractivity contribution is 6.30. The van der Waals surface area contributed by atoms with Gasteiger partial charge in [0.1, 0.15) is 11.9 Å². The van der Waals surface area contributed by atoms with Gasteiger partial charge in [-0.25, -0.2) is 0 Å². The van der Waals surface area contributed by atoms with Crippen LogP contribution < -0.4 is 10.1 Å². The highest BCUT2D eigenvalue weighted by Gasteiger charge is 2.22. The first kappa shape index (κ1) is 14.6. The highest BCUT2D eigenvalue weighted by Crippen LogP contribution is 2.30. The first-order valence-electron chi connectivity index (χ1n) is 7.03. The molecular formula is C15H22ClNO2. The summed E-state index contributed by atoms with van der Waals surface area (Å²) in [5.41, 5.74) is 1.21. The fourth-order valence-electron chi connectivity index (χ4n) is 2.21. The number of benzene rings is 1. The molecular weight excluding hydrogens is 262 g/mol. The summed E-state index contributed by atoms with van der Waals surface area (Å²) >= 11 is 5.97. The first-order valence-corrected chi connectivity index (χ1v) is 7.41. The van der Waals surface area contributed by atoms with Crippen LogP contribution in [0.5, 0.6) is 5.75 Å². The van der Waals surface area contributed by atoms with Crippen LogP contribution in [-0.4, -0.2) is 32.4 Å². The van der Waals surface area contributed by atoms with Crippen molar-refractivity contribution < 1.29 is 9.47 Å². The molecule has 0 radical (unpaired) electrons. The Hall–Kier alpha value is -0.770. The van der Waals surface area contributed by atoms with E-state index in [1.165, 1.54) is 5.56 Å². The lowest BCUT2D eigenvalue weighted by Crippen LogP contribution is -2.31. The molecule has 0 saturated heterocycles. The van der Waals surface area contributed by atoms with Gasteiger partial charge >= 0.3 is 0 Å². The van der Waals surface area contributed by atoms with Gasteiger partial charge in [-0.3, -0.25) is 0 Å². The van der Waals surface area contributed by atoms with Crippen molar-refractivity contribution in [3.8, 4) is 5.75 Å². The summed E-state index contributed by atoms with van der Waals surface area (Å²) < 4.78 is 11.3. The molecule has 1 aromatic rings. The van der Waals surface area contributed by atoms with Crippen molar-refractivity contribution in [2.75, 3.05) is 26.3 Å². The summed E-state index contributed by atoms with van der Waals surface area (Å²) in [4.78, 5) is 0. The van der Waals surface area contributed by atoms with Gasteiger partial charge in [0.2, 0.25) is 0 Å². The maximum atomic E-state index is 5.97. The van der Waals surface area contributed by atoms with Crippen LogP contribution in [-0.2, 0) is 11.2 Å². The van der Waals surface area contributed by atoms with E-state index in [0.717, 1.165) is 56.3 Å². The van der Waals surface area contributed by atoms with E-state index in [0.29, 0.717) is 0 Å². The molecule has 1 aromatic carbocycles. The molecule has 2 rings (SSSR count). The molecule has 1 atom stereocenters. The summed E-state index contributed by atoms with van der Waals surface area (Å²) in [7, 11) is 0. The Bertz CT molecular complexity index is 398. The lowest BCUT2D eigenvalue weighted by Gasteiger charge is -2.11. The second-order valence-electron chi connectivity index (χ2n) is 4.87. The molecule has 1 N–H and O–H groups in total. The molecule has 0 fully saturated rings. The Morgan fingerprint density at radius 2 is 2.32 bits per heavy atom. The number of nitrogens with one attached hydrogen (secondary N) is 1. The van der Waals surface area contributed by atoms with Crippen LogP contribution in [0.25, 0.3) is 0 Å². The number of hydrogen-bond donors (Lipinski definition) is 1. The van der Waals surface area contributed by atoms with Crippen LogP contribution in [0.15, 0.2) is 18.2 Å². The van der Waals surface area contributed by atoms with Gasteiger partial charge < -0.3 is 14.8 Å². The second-order valence-corrected chi connectivity index (χ2v) is 5.30. The average molecular weight is 284 g/mol. The van der Waals surface area contributed by atoms with Gasteiger partial charge in [-0.05, 0) is 43.1 Å². The Morgan fingerprint density at radius 1 is 1.42 bits per heavy atom. The van der Waals surface area contributed by atoms with Gasteiger partial charge in [0, 0.05) is 31.2 Å². The monoisotopic (exact) mass is 283 g/mol. The number of hydrogen-bond acceptors (Lipinski definition) is 3. The normalized spacial score (nSPS) is 17.3.